The molecule has 2 aromatic rings. The van der Waals surface area contributed by atoms with Crippen LogP contribution in [0.15, 0.2) is 54.6 Å². The molecular weight excluding hydrogens is 388 g/mol. The van der Waals surface area contributed by atoms with Crippen LogP contribution in [0.25, 0.3) is 0 Å². The molecule has 4 amide bonds. The zero-order valence-corrected chi connectivity index (χ0v) is 17.2. The quantitative estimate of drug-likeness (QED) is 0.727. The van der Waals surface area contributed by atoms with Crippen molar-refractivity contribution in [1.29, 1.82) is 0 Å². The highest BCUT2D eigenvalue weighted by Gasteiger charge is 2.29. The molecule has 0 bridgehead atoms. The van der Waals surface area contributed by atoms with Gasteiger partial charge in [-0.25, -0.2) is 4.79 Å². The first kappa shape index (κ1) is 20.7. The number of hydrogen-bond acceptors (Lipinski definition) is 5. The Morgan fingerprint density at radius 2 is 1.83 bits per heavy atom. The molecule has 1 fully saturated rings. The van der Waals surface area contributed by atoms with Crippen molar-refractivity contribution in [3.05, 3.63) is 60.2 Å². The van der Waals surface area contributed by atoms with E-state index in [0.717, 1.165) is 23.0 Å². The third kappa shape index (κ3) is 5.51. The summed E-state index contributed by atoms with van der Waals surface area (Å²) in [6, 6.07) is 16.9. The summed E-state index contributed by atoms with van der Waals surface area (Å²) in [5.41, 5.74) is 2.56. The van der Waals surface area contributed by atoms with E-state index >= 15 is 0 Å². The van der Waals surface area contributed by atoms with Gasteiger partial charge in [0.2, 0.25) is 5.91 Å². The fraction of sp³-hybridized carbons (Fsp3) is 0.286. The maximum absolute atomic E-state index is 12.2. The number of urea groups is 1. The van der Waals surface area contributed by atoms with Crippen molar-refractivity contribution in [2.24, 2.45) is 0 Å². The molecule has 1 aliphatic rings. The molecule has 2 aromatic carbocycles. The van der Waals surface area contributed by atoms with Crippen molar-refractivity contribution in [2.75, 3.05) is 29.6 Å². The van der Waals surface area contributed by atoms with E-state index in [9.17, 15) is 14.4 Å². The first-order chi connectivity index (χ1) is 13.9. The molecule has 152 valence electrons. The van der Waals surface area contributed by atoms with Crippen LogP contribution in [0.3, 0.4) is 0 Å². The zero-order valence-electron chi connectivity index (χ0n) is 16.4. The van der Waals surface area contributed by atoms with Gasteiger partial charge in [-0.1, -0.05) is 42.1 Å². The van der Waals surface area contributed by atoms with Gasteiger partial charge in [-0.05, 0) is 36.8 Å². The van der Waals surface area contributed by atoms with Gasteiger partial charge in [-0.3, -0.25) is 14.5 Å². The van der Waals surface area contributed by atoms with Crippen LogP contribution < -0.4 is 15.5 Å². The number of para-hydroxylation sites is 1. The minimum Gasteiger partial charge on any atom is -0.370 e. The molecule has 7 nitrogen and oxygen atoms in total. The summed E-state index contributed by atoms with van der Waals surface area (Å²) in [6.45, 7) is 2.79. The van der Waals surface area contributed by atoms with Crippen molar-refractivity contribution >= 4 is 40.3 Å². The van der Waals surface area contributed by atoms with Gasteiger partial charge in [0.25, 0.3) is 5.24 Å². The second kappa shape index (κ2) is 9.47. The van der Waals surface area contributed by atoms with E-state index in [4.69, 9.17) is 0 Å². The van der Waals surface area contributed by atoms with Gasteiger partial charge in [0.15, 0.2) is 0 Å². The van der Waals surface area contributed by atoms with E-state index in [0.29, 0.717) is 12.2 Å². The minimum atomic E-state index is -0.285. The number of likely N-dealkylation sites (N-methyl/N-ethyl adjacent to an activating group) is 1. The minimum absolute atomic E-state index is 0.124. The summed E-state index contributed by atoms with van der Waals surface area (Å²) < 4.78 is 0. The fourth-order valence-corrected chi connectivity index (χ4v) is 3.61. The molecular formula is C21H24N4O3S. The van der Waals surface area contributed by atoms with Gasteiger partial charge in [0.1, 0.15) is 0 Å². The predicted octanol–water partition coefficient (Wildman–Crippen LogP) is 3.53. The van der Waals surface area contributed by atoms with Crippen LogP contribution in [-0.4, -0.2) is 47.5 Å². The van der Waals surface area contributed by atoms with Gasteiger partial charge in [0.05, 0.1) is 12.3 Å². The highest BCUT2D eigenvalue weighted by atomic mass is 32.2. The smallest absolute Gasteiger partial charge is 0.319 e. The van der Waals surface area contributed by atoms with Crippen LogP contribution in [0.5, 0.6) is 0 Å². The Morgan fingerprint density at radius 3 is 2.45 bits per heavy atom. The Bertz CT molecular complexity index is 857. The van der Waals surface area contributed by atoms with Crippen LogP contribution in [0.4, 0.5) is 21.0 Å². The Balaban J connectivity index is 1.47. The van der Waals surface area contributed by atoms with Crippen LogP contribution in [-0.2, 0) is 11.3 Å². The Morgan fingerprint density at radius 1 is 1.14 bits per heavy atom. The zero-order chi connectivity index (χ0) is 20.8. The second-order valence-corrected chi connectivity index (χ2v) is 7.79. The number of carbonyl (C=O) groups is 3. The number of thioether (sulfide) groups is 1. The predicted molar refractivity (Wildman–Crippen MR) is 116 cm³/mol. The fourth-order valence-electron chi connectivity index (χ4n) is 2.88. The third-order valence-electron chi connectivity index (χ3n) is 4.78. The van der Waals surface area contributed by atoms with E-state index in [2.05, 4.69) is 15.5 Å². The van der Waals surface area contributed by atoms with E-state index in [1.165, 1.54) is 4.90 Å². The molecule has 0 aromatic heterocycles. The van der Waals surface area contributed by atoms with Gasteiger partial charge in [-0.15, -0.1) is 0 Å². The number of nitrogens with zero attached hydrogens (tertiary/aromatic N) is 2. The maximum Gasteiger partial charge on any atom is 0.319 e. The van der Waals surface area contributed by atoms with Crippen molar-refractivity contribution in [3.8, 4) is 0 Å². The average molecular weight is 413 g/mol. The van der Waals surface area contributed by atoms with Crippen LogP contribution >= 0.6 is 11.8 Å². The molecule has 0 aliphatic carbocycles. The molecule has 1 aliphatic heterocycles. The lowest BCUT2D eigenvalue weighted by Gasteiger charge is -2.27. The third-order valence-corrected chi connectivity index (χ3v) is 5.63. The summed E-state index contributed by atoms with van der Waals surface area (Å²) in [5, 5.41) is 5.45. The second-order valence-electron chi connectivity index (χ2n) is 6.86. The molecule has 1 atom stereocenters. The number of hydrogen-bond donors (Lipinski definition) is 2. The number of anilines is 2. The van der Waals surface area contributed by atoms with Crippen molar-refractivity contribution < 1.29 is 14.4 Å². The number of imide groups is 1. The topological polar surface area (TPSA) is 81.8 Å². The van der Waals surface area contributed by atoms with Gasteiger partial charge >= 0.3 is 6.03 Å². The van der Waals surface area contributed by atoms with Crippen molar-refractivity contribution in [3.63, 3.8) is 0 Å². The highest BCUT2D eigenvalue weighted by Crippen LogP contribution is 2.22. The lowest BCUT2D eigenvalue weighted by molar-refractivity contribution is -0.125. The summed E-state index contributed by atoms with van der Waals surface area (Å²) in [7, 11) is 1.99. The lowest BCUT2D eigenvalue weighted by Crippen LogP contribution is -2.41. The van der Waals surface area contributed by atoms with Crippen LogP contribution in [0, 0.1) is 0 Å². The molecule has 0 spiro atoms. The largest absolute Gasteiger partial charge is 0.370 e. The van der Waals surface area contributed by atoms with Crippen molar-refractivity contribution in [1.82, 2.24) is 10.2 Å². The monoisotopic (exact) mass is 412 g/mol. The molecule has 8 heteroatoms. The van der Waals surface area contributed by atoms with Gasteiger partial charge in [0, 0.05) is 31.0 Å². The summed E-state index contributed by atoms with van der Waals surface area (Å²) >= 11 is 1.02. The number of nitrogens with one attached hydrogen (secondary N) is 2. The highest BCUT2D eigenvalue weighted by molar-refractivity contribution is 8.14. The molecule has 2 N–H and O–H groups in total. The molecule has 29 heavy (non-hydrogen) atoms. The molecule has 0 saturated carbocycles. The standard InChI is InChI=1S/C21H24N4O3S/c1-15(24(2)18-6-4-3-5-7-18)12-22-20(27)23-17-10-8-16(9-11-17)13-25-19(26)14-29-21(25)28/h3-11,15H,12-14H2,1-2H3,(H2,22,23,27). The molecule has 3 rings (SSSR count). The van der Waals surface area contributed by atoms with Gasteiger partial charge in [-0.2, -0.15) is 0 Å². The van der Waals surface area contributed by atoms with Crippen molar-refractivity contribution in [2.45, 2.75) is 19.5 Å². The van der Waals surface area contributed by atoms with Crippen LogP contribution in [0.1, 0.15) is 12.5 Å². The molecule has 1 heterocycles. The molecule has 1 unspecified atom stereocenters. The normalized spacial score (nSPS) is 14.6. The van der Waals surface area contributed by atoms with E-state index in [1.54, 1.807) is 24.3 Å². The Kier molecular flexibility index (Phi) is 6.77. The lowest BCUT2D eigenvalue weighted by atomic mass is 10.2. The number of carbonyl (C=O) groups excluding carboxylic acids is 3. The van der Waals surface area contributed by atoms with E-state index in [-0.39, 0.29) is 35.5 Å². The molecule has 1 saturated heterocycles. The van der Waals surface area contributed by atoms with Crippen LogP contribution in [0.2, 0.25) is 0 Å². The Hall–Kier alpha value is -3.00. The first-order valence-electron chi connectivity index (χ1n) is 9.33. The summed E-state index contributed by atoms with van der Waals surface area (Å²) in [6.07, 6.45) is 0. The first-order valence-corrected chi connectivity index (χ1v) is 10.3. The average Bonchev–Trinajstić information content (AvgIpc) is 3.05. The summed E-state index contributed by atoms with van der Waals surface area (Å²) in [5.74, 6) is 0.0347. The number of amides is 4. The molecule has 0 radical (unpaired) electrons. The van der Waals surface area contributed by atoms with Gasteiger partial charge < -0.3 is 15.5 Å². The number of rotatable bonds is 7. The summed E-state index contributed by atoms with van der Waals surface area (Å²) in [4.78, 5) is 38.9. The Labute approximate surface area is 174 Å². The SMILES string of the molecule is CC(CNC(=O)Nc1ccc(CN2C(=O)CSC2=O)cc1)N(C)c1ccccc1. The maximum atomic E-state index is 12.2. The van der Waals surface area contributed by atoms with E-state index in [1.807, 2.05) is 44.3 Å². The van der Waals surface area contributed by atoms with E-state index < -0.39 is 0 Å². The number of benzene rings is 2.